The number of nitrogens with one attached hydrogen (secondary N) is 1. The summed E-state index contributed by atoms with van der Waals surface area (Å²) >= 11 is 0. The predicted molar refractivity (Wildman–Crippen MR) is 76.4 cm³/mol. The average Bonchev–Trinajstić information content (AvgIpc) is 2.39. The number of anilines is 1. The van der Waals surface area contributed by atoms with Gasteiger partial charge in [0.05, 0.1) is 12.1 Å². The molecule has 2 rings (SSSR count). The van der Waals surface area contributed by atoms with Gasteiger partial charge in [-0.1, -0.05) is 19.3 Å². The van der Waals surface area contributed by atoms with Crippen molar-refractivity contribution in [3.8, 4) is 5.88 Å². The quantitative estimate of drug-likeness (QED) is 0.853. The summed E-state index contributed by atoms with van der Waals surface area (Å²) in [5.41, 5.74) is 5.97. The summed E-state index contributed by atoms with van der Waals surface area (Å²) < 4.78 is 5.46. The largest absolute Gasteiger partial charge is 0.478 e. The summed E-state index contributed by atoms with van der Waals surface area (Å²) in [5.74, 6) is 2.17. The van der Waals surface area contributed by atoms with Crippen LogP contribution in [0.3, 0.4) is 0 Å². The lowest BCUT2D eigenvalue weighted by atomic mass is 9.81. The van der Waals surface area contributed by atoms with Crippen molar-refractivity contribution >= 4 is 5.82 Å². The number of hydrogen-bond donors (Lipinski definition) is 2. The van der Waals surface area contributed by atoms with Gasteiger partial charge < -0.3 is 15.8 Å². The maximum absolute atomic E-state index is 5.98. The summed E-state index contributed by atoms with van der Waals surface area (Å²) in [6.45, 7) is 5.08. The molecule has 0 amide bonds. The number of aryl methyl sites for hydroxylation is 1. The Hall–Kier alpha value is -1.36. The summed E-state index contributed by atoms with van der Waals surface area (Å²) in [4.78, 5) is 8.71. The SMILES string of the molecule is CCOc1cc(NC2(CN)CCCCC2)nc(C)n1. The van der Waals surface area contributed by atoms with E-state index in [4.69, 9.17) is 10.5 Å². The summed E-state index contributed by atoms with van der Waals surface area (Å²) in [6, 6.07) is 1.86. The number of nitrogens with two attached hydrogens (primary N) is 1. The van der Waals surface area contributed by atoms with Crippen LogP contribution in [0.2, 0.25) is 0 Å². The Kier molecular flexibility index (Phi) is 4.58. The highest BCUT2D eigenvalue weighted by atomic mass is 16.5. The second-order valence-corrected chi connectivity index (χ2v) is 5.24. The third kappa shape index (κ3) is 3.56. The molecule has 1 aromatic heterocycles. The second-order valence-electron chi connectivity index (χ2n) is 5.24. The molecule has 0 saturated heterocycles. The lowest BCUT2D eigenvalue weighted by Crippen LogP contribution is -2.47. The molecular weight excluding hydrogens is 240 g/mol. The van der Waals surface area contributed by atoms with Crippen LogP contribution in [0.25, 0.3) is 0 Å². The molecule has 1 aliphatic carbocycles. The van der Waals surface area contributed by atoms with Crippen LogP contribution in [0.4, 0.5) is 5.82 Å². The molecule has 0 radical (unpaired) electrons. The van der Waals surface area contributed by atoms with E-state index in [1.54, 1.807) is 0 Å². The Bertz CT molecular complexity index is 416. The highest BCUT2D eigenvalue weighted by molar-refractivity contribution is 5.41. The Labute approximate surface area is 115 Å². The number of ether oxygens (including phenoxy) is 1. The summed E-state index contributed by atoms with van der Waals surface area (Å²) in [7, 11) is 0. The van der Waals surface area contributed by atoms with E-state index in [0.717, 1.165) is 24.5 Å². The third-order valence-corrected chi connectivity index (χ3v) is 3.70. The summed E-state index contributed by atoms with van der Waals surface area (Å²) in [6.07, 6.45) is 5.97. The van der Waals surface area contributed by atoms with Gasteiger partial charge in [0, 0.05) is 12.6 Å². The molecule has 19 heavy (non-hydrogen) atoms. The van der Waals surface area contributed by atoms with Crippen LogP contribution in [0.5, 0.6) is 5.88 Å². The molecule has 5 nitrogen and oxygen atoms in total. The van der Waals surface area contributed by atoms with Crippen molar-refractivity contribution in [1.82, 2.24) is 9.97 Å². The zero-order chi connectivity index (χ0) is 13.7. The van der Waals surface area contributed by atoms with Gasteiger partial charge in [-0.25, -0.2) is 4.98 Å². The maximum atomic E-state index is 5.98. The van der Waals surface area contributed by atoms with Gasteiger partial charge in [0.25, 0.3) is 0 Å². The van der Waals surface area contributed by atoms with Gasteiger partial charge in [0.1, 0.15) is 11.6 Å². The molecule has 0 atom stereocenters. The van der Waals surface area contributed by atoms with E-state index in [2.05, 4.69) is 15.3 Å². The molecule has 0 aromatic carbocycles. The third-order valence-electron chi connectivity index (χ3n) is 3.70. The van der Waals surface area contributed by atoms with Crippen LogP contribution >= 0.6 is 0 Å². The van der Waals surface area contributed by atoms with E-state index in [0.29, 0.717) is 19.0 Å². The number of rotatable bonds is 5. The number of hydrogen-bond acceptors (Lipinski definition) is 5. The van der Waals surface area contributed by atoms with E-state index >= 15 is 0 Å². The van der Waals surface area contributed by atoms with Crippen LogP contribution in [0, 0.1) is 6.92 Å². The summed E-state index contributed by atoms with van der Waals surface area (Å²) in [5, 5.41) is 3.53. The monoisotopic (exact) mass is 264 g/mol. The molecule has 0 aliphatic heterocycles. The number of aromatic nitrogens is 2. The highest BCUT2D eigenvalue weighted by Gasteiger charge is 2.30. The van der Waals surface area contributed by atoms with E-state index in [-0.39, 0.29) is 5.54 Å². The van der Waals surface area contributed by atoms with Crippen LogP contribution in [-0.2, 0) is 0 Å². The smallest absolute Gasteiger partial charge is 0.218 e. The first-order valence-electron chi connectivity index (χ1n) is 7.14. The maximum Gasteiger partial charge on any atom is 0.218 e. The molecule has 1 fully saturated rings. The average molecular weight is 264 g/mol. The van der Waals surface area contributed by atoms with Gasteiger partial charge in [-0.05, 0) is 26.7 Å². The van der Waals surface area contributed by atoms with Gasteiger partial charge in [-0.2, -0.15) is 4.98 Å². The Balaban J connectivity index is 2.16. The van der Waals surface area contributed by atoms with E-state index in [9.17, 15) is 0 Å². The Morgan fingerprint density at radius 1 is 1.32 bits per heavy atom. The van der Waals surface area contributed by atoms with Gasteiger partial charge >= 0.3 is 0 Å². The standard InChI is InChI=1S/C14H24N4O/c1-3-19-13-9-12(16-11(2)17-13)18-14(10-15)7-5-4-6-8-14/h9H,3-8,10,15H2,1-2H3,(H,16,17,18). The minimum Gasteiger partial charge on any atom is -0.478 e. The zero-order valence-corrected chi connectivity index (χ0v) is 11.9. The van der Waals surface area contributed by atoms with Crippen molar-refractivity contribution in [3.63, 3.8) is 0 Å². The number of nitrogens with zero attached hydrogens (tertiary/aromatic N) is 2. The molecular formula is C14H24N4O. The first-order valence-corrected chi connectivity index (χ1v) is 7.14. The van der Waals surface area contributed by atoms with Crippen molar-refractivity contribution in [3.05, 3.63) is 11.9 Å². The molecule has 1 aliphatic rings. The lowest BCUT2D eigenvalue weighted by Gasteiger charge is -2.37. The molecule has 0 spiro atoms. The van der Waals surface area contributed by atoms with Crippen LogP contribution in [-0.4, -0.2) is 28.7 Å². The topological polar surface area (TPSA) is 73.1 Å². The minimum atomic E-state index is -0.0114. The lowest BCUT2D eigenvalue weighted by molar-refractivity contribution is 0.321. The molecule has 106 valence electrons. The molecule has 0 bridgehead atoms. The molecule has 5 heteroatoms. The molecule has 3 N–H and O–H groups in total. The van der Waals surface area contributed by atoms with Crippen molar-refractivity contribution in [2.24, 2.45) is 5.73 Å². The fourth-order valence-corrected chi connectivity index (χ4v) is 2.71. The fraction of sp³-hybridized carbons (Fsp3) is 0.714. The van der Waals surface area contributed by atoms with Crippen molar-refractivity contribution in [1.29, 1.82) is 0 Å². The van der Waals surface area contributed by atoms with Gasteiger partial charge in [0.15, 0.2) is 0 Å². The second kappa shape index (κ2) is 6.19. The molecule has 1 saturated carbocycles. The fourth-order valence-electron chi connectivity index (χ4n) is 2.71. The highest BCUT2D eigenvalue weighted by Crippen LogP contribution is 2.31. The van der Waals surface area contributed by atoms with E-state index in [1.165, 1.54) is 19.3 Å². The van der Waals surface area contributed by atoms with E-state index < -0.39 is 0 Å². The van der Waals surface area contributed by atoms with Gasteiger partial charge in [0.2, 0.25) is 5.88 Å². The zero-order valence-electron chi connectivity index (χ0n) is 11.9. The normalized spacial score (nSPS) is 18.1. The van der Waals surface area contributed by atoms with Crippen LogP contribution in [0.15, 0.2) is 6.07 Å². The molecule has 0 unspecified atom stereocenters. The predicted octanol–water partition coefficient (Wildman–Crippen LogP) is 2.26. The van der Waals surface area contributed by atoms with Crippen molar-refractivity contribution < 1.29 is 4.74 Å². The minimum absolute atomic E-state index is 0.0114. The first kappa shape index (κ1) is 14.1. The van der Waals surface area contributed by atoms with Crippen molar-refractivity contribution in [2.75, 3.05) is 18.5 Å². The molecule has 1 aromatic rings. The Morgan fingerprint density at radius 2 is 2.05 bits per heavy atom. The van der Waals surface area contributed by atoms with Crippen LogP contribution in [0.1, 0.15) is 44.9 Å². The first-order chi connectivity index (χ1) is 9.17. The molecule has 1 heterocycles. The van der Waals surface area contributed by atoms with Gasteiger partial charge in [-0.3, -0.25) is 0 Å². The van der Waals surface area contributed by atoms with Gasteiger partial charge in [-0.15, -0.1) is 0 Å². The van der Waals surface area contributed by atoms with E-state index in [1.807, 2.05) is 19.9 Å². The van der Waals surface area contributed by atoms with Crippen LogP contribution < -0.4 is 15.8 Å². The Morgan fingerprint density at radius 3 is 2.68 bits per heavy atom. The van der Waals surface area contributed by atoms with Crippen molar-refractivity contribution in [2.45, 2.75) is 51.5 Å².